The van der Waals surface area contributed by atoms with Crippen molar-refractivity contribution in [1.82, 2.24) is 9.29 Å². The molecule has 1 heterocycles. The van der Waals surface area contributed by atoms with E-state index in [9.17, 15) is 8.42 Å². The van der Waals surface area contributed by atoms with Gasteiger partial charge < -0.3 is 5.32 Å². The summed E-state index contributed by atoms with van der Waals surface area (Å²) >= 11 is 0. The van der Waals surface area contributed by atoms with Gasteiger partial charge in [-0.1, -0.05) is 0 Å². The normalized spacial score (nSPS) is 11.2. The number of anilines is 1. The molecule has 0 spiro atoms. The number of nitrogens with zero attached hydrogens (tertiary/aromatic N) is 3. The van der Waals surface area contributed by atoms with E-state index in [0.29, 0.717) is 12.2 Å². The summed E-state index contributed by atoms with van der Waals surface area (Å²) in [5.41, 5.74) is 0.476. The lowest BCUT2D eigenvalue weighted by molar-refractivity contribution is 0.474. The maximum atomic E-state index is 12.2. The Morgan fingerprint density at radius 1 is 1.56 bits per heavy atom. The topological polar surface area (TPSA) is 86.1 Å². The second kappa shape index (κ2) is 6.33. The largest absolute Gasteiger partial charge is 0.383 e. The van der Waals surface area contributed by atoms with Gasteiger partial charge in [-0.3, -0.25) is 0 Å². The third kappa shape index (κ3) is 3.18. The number of aromatic nitrogens is 1. The summed E-state index contributed by atoms with van der Waals surface area (Å²) < 4.78 is 25.6. The Labute approximate surface area is 107 Å². The van der Waals surface area contributed by atoms with Crippen LogP contribution in [0.4, 0.5) is 5.69 Å². The van der Waals surface area contributed by atoms with E-state index >= 15 is 0 Å². The van der Waals surface area contributed by atoms with E-state index in [1.54, 1.807) is 12.1 Å². The van der Waals surface area contributed by atoms with E-state index in [0.717, 1.165) is 4.31 Å². The quantitative estimate of drug-likeness (QED) is 0.833. The monoisotopic (exact) mass is 268 g/mol. The lowest BCUT2D eigenvalue weighted by atomic mass is 10.4. The zero-order valence-corrected chi connectivity index (χ0v) is 11.2. The zero-order valence-electron chi connectivity index (χ0n) is 10.4. The number of nitriles is 1. The Balaban J connectivity index is 3.08. The summed E-state index contributed by atoms with van der Waals surface area (Å²) in [6, 6.07) is 5.26. The average molecular weight is 268 g/mol. The van der Waals surface area contributed by atoms with E-state index in [2.05, 4.69) is 10.3 Å². The maximum absolute atomic E-state index is 12.2. The molecule has 98 valence electrons. The van der Waals surface area contributed by atoms with Crippen molar-refractivity contribution in [2.75, 3.05) is 25.5 Å². The first-order valence-corrected chi connectivity index (χ1v) is 7.00. The average Bonchev–Trinajstić information content (AvgIpc) is 2.36. The molecule has 0 amide bonds. The fourth-order valence-electron chi connectivity index (χ4n) is 1.40. The highest BCUT2D eigenvalue weighted by molar-refractivity contribution is 7.89. The molecule has 1 aromatic rings. The van der Waals surface area contributed by atoms with Crippen molar-refractivity contribution in [3.05, 3.63) is 18.3 Å². The molecule has 0 unspecified atom stereocenters. The number of rotatable bonds is 6. The predicted molar refractivity (Wildman–Crippen MR) is 68.4 cm³/mol. The van der Waals surface area contributed by atoms with Crippen LogP contribution >= 0.6 is 0 Å². The van der Waals surface area contributed by atoms with Gasteiger partial charge in [-0.05, 0) is 19.1 Å². The molecule has 1 aromatic heterocycles. The zero-order chi connectivity index (χ0) is 13.6. The lowest BCUT2D eigenvalue weighted by Gasteiger charge is -2.17. The van der Waals surface area contributed by atoms with Gasteiger partial charge in [0.15, 0.2) is 5.03 Å². The van der Waals surface area contributed by atoms with Gasteiger partial charge in [-0.25, -0.2) is 13.4 Å². The van der Waals surface area contributed by atoms with Crippen LogP contribution in [0.25, 0.3) is 0 Å². The Morgan fingerprint density at radius 3 is 2.89 bits per heavy atom. The van der Waals surface area contributed by atoms with Crippen LogP contribution in [-0.2, 0) is 10.0 Å². The van der Waals surface area contributed by atoms with Crippen LogP contribution in [0, 0.1) is 11.3 Å². The summed E-state index contributed by atoms with van der Waals surface area (Å²) in [6.45, 7) is 2.64. The molecule has 18 heavy (non-hydrogen) atoms. The van der Waals surface area contributed by atoms with Crippen molar-refractivity contribution in [3.63, 3.8) is 0 Å². The van der Waals surface area contributed by atoms with Crippen molar-refractivity contribution in [2.45, 2.75) is 18.4 Å². The van der Waals surface area contributed by atoms with E-state index in [-0.39, 0.29) is 18.0 Å². The summed E-state index contributed by atoms with van der Waals surface area (Å²) in [6.07, 6.45) is 1.59. The second-order valence-electron chi connectivity index (χ2n) is 3.62. The van der Waals surface area contributed by atoms with Crippen LogP contribution in [0.15, 0.2) is 23.4 Å². The van der Waals surface area contributed by atoms with Crippen molar-refractivity contribution in [3.8, 4) is 6.07 Å². The van der Waals surface area contributed by atoms with Crippen LogP contribution in [0.3, 0.4) is 0 Å². The first-order chi connectivity index (χ1) is 8.54. The summed E-state index contributed by atoms with van der Waals surface area (Å²) in [5.74, 6) is 0. The summed E-state index contributed by atoms with van der Waals surface area (Å²) in [7, 11) is -2.21. The van der Waals surface area contributed by atoms with E-state index in [4.69, 9.17) is 5.26 Å². The molecule has 0 fully saturated rings. The Kier molecular flexibility index (Phi) is 5.07. The van der Waals surface area contributed by atoms with Gasteiger partial charge in [-0.15, -0.1) is 0 Å². The third-order valence-electron chi connectivity index (χ3n) is 2.33. The summed E-state index contributed by atoms with van der Waals surface area (Å²) in [4.78, 5) is 3.92. The van der Waals surface area contributed by atoms with Crippen molar-refractivity contribution < 1.29 is 8.42 Å². The van der Waals surface area contributed by atoms with Crippen LogP contribution in [-0.4, -0.2) is 37.8 Å². The van der Waals surface area contributed by atoms with Crippen LogP contribution < -0.4 is 5.32 Å². The van der Waals surface area contributed by atoms with E-state index in [1.165, 1.54) is 13.2 Å². The Bertz CT molecular complexity index is 536. The SMILES string of the molecule is CCNc1cccnc1S(=O)(=O)N(C)CCC#N. The fraction of sp³-hybridized carbons (Fsp3) is 0.455. The molecule has 0 atom stereocenters. The van der Waals surface area contributed by atoms with Crippen LogP contribution in [0.1, 0.15) is 13.3 Å². The molecule has 1 N–H and O–H groups in total. The molecule has 7 heteroatoms. The van der Waals surface area contributed by atoms with Gasteiger partial charge in [0.25, 0.3) is 10.0 Å². The van der Waals surface area contributed by atoms with E-state index in [1.807, 2.05) is 13.0 Å². The molecule has 1 rings (SSSR count). The Morgan fingerprint density at radius 2 is 2.28 bits per heavy atom. The minimum Gasteiger partial charge on any atom is -0.383 e. The molecule has 0 aliphatic carbocycles. The molecular weight excluding hydrogens is 252 g/mol. The van der Waals surface area contributed by atoms with Gasteiger partial charge in [0, 0.05) is 32.8 Å². The Hall–Kier alpha value is -1.65. The minimum absolute atomic E-state index is 0.00714. The highest BCUT2D eigenvalue weighted by Crippen LogP contribution is 2.20. The maximum Gasteiger partial charge on any atom is 0.262 e. The highest BCUT2D eigenvalue weighted by Gasteiger charge is 2.24. The molecule has 0 aliphatic heterocycles. The van der Waals surface area contributed by atoms with Gasteiger partial charge in [0.05, 0.1) is 11.8 Å². The number of hydrogen-bond acceptors (Lipinski definition) is 5. The number of sulfonamides is 1. The van der Waals surface area contributed by atoms with Crippen LogP contribution in [0.2, 0.25) is 0 Å². The van der Waals surface area contributed by atoms with Crippen molar-refractivity contribution >= 4 is 15.7 Å². The summed E-state index contributed by atoms with van der Waals surface area (Å²) in [5, 5.41) is 11.4. The number of nitrogens with one attached hydrogen (secondary N) is 1. The molecule has 0 saturated heterocycles. The molecule has 6 nitrogen and oxygen atoms in total. The van der Waals surface area contributed by atoms with Gasteiger partial charge >= 0.3 is 0 Å². The first kappa shape index (κ1) is 14.4. The molecule has 0 aromatic carbocycles. The highest BCUT2D eigenvalue weighted by atomic mass is 32.2. The third-order valence-corrected chi connectivity index (χ3v) is 4.15. The van der Waals surface area contributed by atoms with Crippen LogP contribution in [0.5, 0.6) is 0 Å². The lowest BCUT2D eigenvalue weighted by Crippen LogP contribution is -2.29. The number of hydrogen-bond donors (Lipinski definition) is 1. The fourth-order valence-corrected chi connectivity index (χ4v) is 2.64. The minimum atomic E-state index is -3.66. The molecule has 0 saturated carbocycles. The van der Waals surface area contributed by atoms with E-state index < -0.39 is 10.0 Å². The standard InChI is InChI=1S/C11H16N4O2S/c1-3-13-10-6-4-8-14-11(10)18(16,17)15(2)9-5-7-12/h4,6,8,13H,3,5,9H2,1-2H3. The van der Waals surface area contributed by atoms with Gasteiger partial charge in [0.2, 0.25) is 0 Å². The van der Waals surface area contributed by atoms with Gasteiger partial charge in [-0.2, -0.15) is 9.57 Å². The number of pyridine rings is 1. The predicted octanol–water partition coefficient (Wildman–Crippen LogP) is 1.05. The second-order valence-corrected chi connectivity index (χ2v) is 5.58. The van der Waals surface area contributed by atoms with Gasteiger partial charge in [0.1, 0.15) is 0 Å². The smallest absolute Gasteiger partial charge is 0.262 e. The molecular formula is C11H16N4O2S. The van der Waals surface area contributed by atoms with Crippen molar-refractivity contribution in [2.24, 2.45) is 0 Å². The molecule has 0 bridgehead atoms. The molecule has 0 radical (unpaired) electrons. The molecule has 0 aliphatic rings. The first-order valence-electron chi connectivity index (χ1n) is 5.56. The van der Waals surface area contributed by atoms with Crippen molar-refractivity contribution in [1.29, 1.82) is 5.26 Å².